The van der Waals surface area contributed by atoms with Gasteiger partial charge in [-0.25, -0.2) is 13.1 Å². The lowest BCUT2D eigenvalue weighted by Crippen LogP contribution is -2.36. The Balaban J connectivity index is 2.22. The summed E-state index contributed by atoms with van der Waals surface area (Å²) < 4.78 is 28.7. The van der Waals surface area contributed by atoms with E-state index in [9.17, 15) is 18.0 Å². The van der Waals surface area contributed by atoms with Crippen molar-refractivity contribution in [1.29, 1.82) is 0 Å². The SMILES string of the molecule is CC(=O)NC(CC(=O)NS(=O)(=O)c1c(C)nn(C)c1C)c1ccc(C)cc1. The highest BCUT2D eigenvalue weighted by molar-refractivity contribution is 7.90. The second kappa shape index (κ2) is 7.91. The second-order valence-corrected chi connectivity index (χ2v) is 8.14. The Morgan fingerprint density at radius 2 is 1.74 bits per heavy atom. The lowest BCUT2D eigenvalue weighted by molar-refractivity contribution is -0.121. The number of rotatable bonds is 6. The third kappa shape index (κ3) is 4.94. The number of hydrogen-bond acceptors (Lipinski definition) is 5. The van der Waals surface area contributed by atoms with Gasteiger partial charge in [0.2, 0.25) is 11.8 Å². The monoisotopic (exact) mass is 392 g/mol. The average molecular weight is 392 g/mol. The maximum atomic E-state index is 12.6. The summed E-state index contributed by atoms with van der Waals surface area (Å²) >= 11 is 0. The third-order valence-electron chi connectivity index (χ3n) is 4.21. The highest BCUT2D eigenvalue weighted by Gasteiger charge is 2.27. The molecule has 1 heterocycles. The Labute approximate surface area is 159 Å². The third-order valence-corrected chi connectivity index (χ3v) is 5.83. The molecule has 1 aromatic heterocycles. The number of amides is 2. The summed E-state index contributed by atoms with van der Waals surface area (Å²) in [6.45, 7) is 6.46. The van der Waals surface area contributed by atoms with E-state index in [1.54, 1.807) is 33.0 Å². The number of carbonyl (C=O) groups excluding carboxylic acids is 2. The molecule has 0 fully saturated rings. The molecule has 0 aliphatic rings. The Hall–Kier alpha value is -2.68. The number of aryl methyl sites for hydroxylation is 3. The van der Waals surface area contributed by atoms with Crippen LogP contribution in [0.2, 0.25) is 0 Å². The molecule has 0 aliphatic carbocycles. The molecule has 0 spiro atoms. The van der Waals surface area contributed by atoms with Crippen LogP contribution in [-0.4, -0.2) is 30.0 Å². The topological polar surface area (TPSA) is 110 Å². The van der Waals surface area contributed by atoms with Gasteiger partial charge in [0, 0.05) is 14.0 Å². The fraction of sp³-hybridized carbons (Fsp3) is 0.389. The van der Waals surface area contributed by atoms with Crippen molar-refractivity contribution in [3.05, 3.63) is 46.8 Å². The number of nitrogens with zero attached hydrogens (tertiary/aromatic N) is 2. The van der Waals surface area contributed by atoms with Gasteiger partial charge in [-0.2, -0.15) is 5.10 Å². The molecule has 1 unspecified atom stereocenters. The first-order chi connectivity index (χ1) is 12.5. The van der Waals surface area contributed by atoms with Crippen molar-refractivity contribution in [2.75, 3.05) is 0 Å². The van der Waals surface area contributed by atoms with Crippen LogP contribution >= 0.6 is 0 Å². The Morgan fingerprint density at radius 1 is 1.15 bits per heavy atom. The standard InChI is InChI=1S/C18H24N4O4S/c1-11-6-8-15(9-7-11)16(19-14(4)23)10-17(24)21-27(25,26)18-12(2)20-22(5)13(18)3/h6-9,16H,10H2,1-5H3,(H,19,23)(H,21,24). The van der Waals surface area contributed by atoms with Crippen molar-refractivity contribution in [1.82, 2.24) is 19.8 Å². The fourth-order valence-corrected chi connectivity index (χ4v) is 4.30. The first-order valence-electron chi connectivity index (χ1n) is 8.40. The Morgan fingerprint density at radius 3 is 2.22 bits per heavy atom. The minimum Gasteiger partial charge on any atom is -0.349 e. The Kier molecular flexibility index (Phi) is 6.04. The van der Waals surface area contributed by atoms with Gasteiger partial charge in [-0.15, -0.1) is 0 Å². The number of carbonyl (C=O) groups is 2. The van der Waals surface area contributed by atoms with E-state index in [1.165, 1.54) is 11.6 Å². The lowest BCUT2D eigenvalue weighted by Gasteiger charge is -2.18. The van der Waals surface area contributed by atoms with Crippen LogP contribution in [-0.2, 0) is 26.7 Å². The van der Waals surface area contributed by atoms with Crippen LogP contribution in [0.15, 0.2) is 29.2 Å². The summed E-state index contributed by atoms with van der Waals surface area (Å²) in [7, 11) is -2.43. The molecular weight excluding hydrogens is 368 g/mol. The van der Waals surface area contributed by atoms with E-state index in [0.717, 1.165) is 11.1 Å². The van der Waals surface area contributed by atoms with E-state index in [4.69, 9.17) is 0 Å². The van der Waals surface area contributed by atoms with Gasteiger partial charge in [0.05, 0.1) is 23.9 Å². The summed E-state index contributed by atoms with van der Waals surface area (Å²) in [6, 6.07) is 6.69. The lowest BCUT2D eigenvalue weighted by atomic mass is 10.0. The van der Waals surface area contributed by atoms with Crippen molar-refractivity contribution >= 4 is 21.8 Å². The van der Waals surface area contributed by atoms with E-state index < -0.39 is 22.0 Å². The van der Waals surface area contributed by atoms with Crippen LogP contribution < -0.4 is 10.0 Å². The normalized spacial score (nSPS) is 12.5. The molecule has 0 saturated heterocycles. The fourth-order valence-electron chi connectivity index (χ4n) is 2.87. The molecule has 9 heteroatoms. The number of benzene rings is 1. The predicted octanol–water partition coefficient (Wildman–Crippen LogP) is 1.42. The van der Waals surface area contributed by atoms with Crippen LogP contribution in [0.5, 0.6) is 0 Å². The molecule has 0 bridgehead atoms. The van der Waals surface area contributed by atoms with Gasteiger partial charge in [0.15, 0.2) is 0 Å². The van der Waals surface area contributed by atoms with Crippen LogP contribution in [0.4, 0.5) is 0 Å². The molecule has 0 saturated carbocycles. The molecule has 0 aliphatic heterocycles. The molecule has 2 rings (SSSR count). The molecule has 2 N–H and O–H groups in total. The van der Waals surface area contributed by atoms with Crippen LogP contribution in [0, 0.1) is 20.8 Å². The van der Waals surface area contributed by atoms with Gasteiger partial charge in [0.1, 0.15) is 4.90 Å². The highest BCUT2D eigenvalue weighted by Crippen LogP contribution is 2.21. The zero-order valence-electron chi connectivity index (χ0n) is 16.0. The van der Waals surface area contributed by atoms with Gasteiger partial charge in [0.25, 0.3) is 10.0 Å². The highest BCUT2D eigenvalue weighted by atomic mass is 32.2. The summed E-state index contributed by atoms with van der Waals surface area (Å²) in [5.74, 6) is -1.02. The van der Waals surface area contributed by atoms with Crippen molar-refractivity contribution in [2.45, 2.75) is 45.1 Å². The molecule has 2 aromatic rings. The minimum absolute atomic E-state index is 0.00948. The molecule has 1 aromatic carbocycles. The number of hydrogen-bond donors (Lipinski definition) is 2. The first-order valence-corrected chi connectivity index (χ1v) is 9.89. The van der Waals surface area contributed by atoms with Gasteiger partial charge in [-0.1, -0.05) is 29.8 Å². The van der Waals surface area contributed by atoms with Gasteiger partial charge in [-0.05, 0) is 26.3 Å². The predicted molar refractivity (Wildman–Crippen MR) is 100 cm³/mol. The average Bonchev–Trinajstić information content (AvgIpc) is 2.79. The second-order valence-electron chi connectivity index (χ2n) is 6.52. The van der Waals surface area contributed by atoms with Crippen molar-refractivity contribution in [3.63, 3.8) is 0 Å². The zero-order valence-corrected chi connectivity index (χ0v) is 16.8. The van der Waals surface area contributed by atoms with E-state index in [-0.39, 0.29) is 17.2 Å². The molecular formula is C18H24N4O4S. The van der Waals surface area contributed by atoms with Crippen LogP contribution in [0.3, 0.4) is 0 Å². The van der Waals surface area contributed by atoms with Crippen LogP contribution in [0.25, 0.3) is 0 Å². The van der Waals surface area contributed by atoms with Gasteiger partial charge in [-0.3, -0.25) is 14.3 Å². The van der Waals surface area contributed by atoms with Crippen molar-refractivity contribution < 1.29 is 18.0 Å². The van der Waals surface area contributed by atoms with Gasteiger partial charge >= 0.3 is 0 Å². The molecule has 27 heavy (non-hydrogen) atoms. The minimum atomic E-state index is -4.06. The van der Waals surface area contributed by atoms with Crippen molar-refractivity contribution in [3.8, 4) is 0 Å². The quantitative estimate of drug-likeness (QED) is 0.772. The largest absolute Gasteiger partial charge is 0.349 e. The van der Waals surface area contributed by atoms with E-state index in [0.29, 0.717) is 11.4 Å². The summed E-state index contributed by atoms with van der Waals surface area (Å²) in [4.78, 5) is 23.9. The number of nitrogens with one attached hydrogen (secondary N) is 2. The maximum Gasteiger partial charge on any atom is 0.267 e. The summed E-state index contributed by atoms with van der Waals surface area (Å²) in [5, 5.41) is 6.76. The van der Waals surface area contributed by atoms with Gasteiger partial charge < -0.3 is 5.32 Å². The molecule has 0 radical (unpaired) electrons. The Bertz CT molecular complexity index is 962. The maximum absolute atomic E-state index is 12.6. The zero-order chi connectivity index (χ0) is 20.4. The number of aromatic nitrogens is 2. The first kappa shape index (κ1) is 20.6. The van der Waals surface area contributed by atoms with Crippen molar-refractivity contribution in [2.24, 2.45) is 7.05 Å². The summed E-state index contributed by atoms with van der Waals surface area (Å²) in [6.07, 6.45) is -0.208. The molecule has 146 valence electrons. The smallest absolute Gasteiger partial charge is 0.267 e. The van der Waals surface area contributed by atoms with E-state index in [2.05, 4.69) is 15.1 Å². The molecule has 2 amide bonds. The molecule has 1 atom stereocenters. The number of sulfonamides is 1. The van der Waals surface area contributed by atoms with Crippen LogP contribution in [0.1, 0.15) is 41.9 Å². The van der Waals surface area contributed by atoms with E-state index in [1.807, 2.05) is 19.1 Å². The van der Waals surface area contributed by atoms with E-state index >= 15 is 0 Å². The molecule has 8 nitrogen and oxygen atoms in total. The summed E-state index contributed by atoms with van der Waals surface area (Å²) in [5.41, 5.74) is 2.50.